The number of fused-ring (bicyclic) bond motifs is 1. The first kappa shape index (κ1) is 19.1. The van der Waals surface area contributed by atoms with Gasteiger partial charge in [0.2, 0.25) is 5.91 Å². The minimum absolute atomic E-state index is 0.0143. The van der Waals surface area contributed by atoms with E-state index in [1.54, 1.807) is 6.07 Å². The van der Waals surface area contributed by atoms with Crippen molar-refractivity contribution >= 4 is 39.3 Å². The molecule has 0 spiro atoms. The van der Waals surface area contributed by atoms with Gasteiger partial charge in [0, 0.05) is 10.9 Å². The lowest BCUT2D eigenvalue weighted by Crippen LogP contribution is -2.51. The molecule has 1 saturated heterocycles. The second-order valence-corrected chi connectivity index (χ2v) is 8.93. The lowest BCUT2D eigenvalue weighted by atomic mass is 9.94. The lowest BCUT2D eigenvalue weighted by Gasteiger charge is -2.19. The number of anilines is 1. The number of nitrogens with one attached hydrogen (secondary N) is 5. The predicted octanol–water partition coefficient (Wildman–Crippen LogP) is -0.0686. The topological polar surface area (TPSA) is 128 Å². The quantitative estimate of drug-likeness (QED) is 0.439. The Hall–Kier alpha value is -1.66. The molecule has 9 nitrogen and oxygen atoms in total. The Morgan fingerprint density at radius 1 is 1.35 bits per heavy atom. The Labute approximate surface area is 156 Å². The zero-order chi connectivity index (χ0) is 18.9. The number of hydrogen-bond acceptors (Lipinski definition) is 7. The van der Waals surface area contributed by atoms with Gasteiger partial charge in [-0.1, -0.05) is 13.8 Å². The van der Waals surface area contributed by atoms with Crippen LogP contribution in [0.1, 0.15) is 20.3 Å². The molecule has 1 fully saturated rings. The van der Waals surface area contributed by atoms with Gasteiger partial charge in [-0.2, -0.15) is 0 Å². The first-order valence-corrected chi connectivity index (χ1v) is 10.7. The van der Waals surface area contributed by atoms with Crippen LogP contribution in [0.2, 0.25) is 0 Å². The predicted molar refractivity (Wildman–Crippen MR) is 97.6 cm³/mol. The fraction of sp³-hybridized carbons (Fsp3) is 0.467. The summed E-state index contributed by atoms with van der Waals surface area (Å²) >= 11 is 1.34. The number of carbonyl (C=O) groups excluding carboxylic acids is 2. The van der Waals surface area contributed by atoms with Crippen LogP contribution in [0.5, 0.6) is 0 Å². The van der Waals surface area contributed by atoms with Gasteiger partial charge < -0.3 is 5.32 Å². The van der Waals surface area contributed by atoms with Gasteiger partial charge in [-0.15, -0.1) is 16.6 Å². The van der Waals surface area contributed by atoms with Crippen LogP contribution in [0.4, 0.5) is 5.69 Å². The number of carbonyl (C=O) groups is 2. The largest absolute Gasteiger partial charge is 0.324 e. The molecule has 5 N–H and O–H groups in total. The van der Waals surface area contributed by atoms with E-state index in [9.17, 15) is 18.0 Å². The highest BCUT2D eigenvalue weighted by molar-refractivity contribution is 8.00. The fourth-order valence-electron chi connectivity index (χ4n) is 2.95. The molecule has 1 aromatic carbocycles. The molecule has 3 rings (SSSR count). The summed E-state index contributed by atoms with van der Waals surface area (Å²) in [5.74, 6) is -0.336. The summed E-state index contributed by atoms with van der Waals surface area (Å²) in [5, 5.41) is 2.64. The van der Waals surface area contributed by atoms with E-state index in [0.29, 0.717) is 11.4 Å². The lowest BCUT2D eigenvalue weighted by molar-refractivity contribution is -0.124. The van der Waals surface area contributed by atoms with E-state index >= 15 is 0 Å². The molecule has 142 valence electrons. The average molecular weight is 399 g/mol. The SMILES string of the molecule is CCC1NNC(C(=O)NNS(=O)(=O)c2ccc3c(c2)NC(=O)CS3)C1C. The summed E-state index contributed by atoms with van der Waals surface area (Å²) in [7, 11) is -3.96. The summed E-state index contributed by atoms with van der Waals surface area (Å²) in [4.78, 5) is 26.6. The van der Waals surface area contributed by atoms with Crippen LogP contribution in [0.3, 0.4) is 0 Å². The number of thioether (sulfide) groups is 1. The molecule has 3 atom stereocenters. The van der Waals surface area contributed by atoms with Gasteiger partial charge in [0.15, 0.2) is 0 Å². The Kier molecular flexibility index (Phi) is 5.53. The first-order chi connectivity index (χ1) is 12.3. The molecule has 0 saturated carbocycles. The molecular formula is C15H21N5O4S2. The van der Waals surface area contributed by atoms with Crippen molar-refractivity contribution in [2.24, 2.45) is 5.92 Å². The Bertz CT molecular complexity index is 829. The standard InChI is InChI=1S/C15H21N5O4S2/c1-3-10-8(2)14(18-17-10)15(22)19-20-26(23,24)9-4-5-12-11(6-9)16-13(21)7-25-12/h4-6,8,10,14,17-18,20H,3,7H2,1-2H3,(H,16,21)(H,19,22). The molecular weight excluding hydrogens is 378 g/mol. The van der Waals surface area contributed by atoms with Gasteiger partial charge in [-0.05, 0) is 30.5 Å². The molecule has 2 amide bonds. The fourth-order valence-corrected chi connectivity index (χ4v) is 4.62. The van der Waals surface area contributed by atoms with E-state index in [1.165, 1.54) is 23.9 Å². The number of sulfonamides is 1. The van der Waals surface area contributed by atoms with Crippen LogP contribution in [0.15, 0.2) is 28.0 Å². The highest BCUT2D eigenvalue weighted by atomic mass is 32.2. The van der Waals surface area contributed by atoms with Gasteiger partial charge in [0.1, 0.15) is 6.04 Å². The van der Waals surface area contributed by atoms with Gasteiger partial charge in [-0.3, -0.25) is 20.4 Å². The van der Waals surface area contributed by atoms with E-state index in [4.69, 9.17) is 0 Å². The highest BCUT2D eigenvalue weighted by Gasteiger charge is 2.36. The summed E-state index contributed by atoms with van der Waals surface area (Å²) in [6, 6.07) is 4.04. The van der Waals surface area contributed by atoms with Crippen molar-refractivity contribution in [3.05, 3.63) is 18.2 Å². The van der Waals surface area contributed by atoms with E-state index in [1.807, 2.05) is 13.8 Å². The van der Waals surface area contributed by atoms with E-state index in [0.717, 1.165) is 11.3 Å². The normalized spacial score (nSPS) is 25.5. The molecule has 2 aliphatic rings. The van der Waals surface area contributed by atoms with Crippen molar-refractivity contribution in [2.75, 3.05) is 11.1 Å². The molecule has 0 aliphatic carbocycles. The molecule has 0 aromatic heterocycles. The second-order valence-electron chi connectivity index (χ2n) is 6.23. The van der Waals surface area contributed by atoms with Crippen molar-refractivity contribution in [2.45, 2.75) is 42.1 Å². The van der Waals surface area contributed by atoms with Crippen LogP contribution in [-0.4, -0.2) is 38.1 Å². The van der Waals surface area contributed by atoms with Crippen molar-refractivity contribution in [1.82, 2.24) is 21.1 Å². The third-order valence-electron chi connectivity index (χ3n) is 4.51. The van der Waals surface area contributed by atoms with Crippen molar-refractivity contribution < 1.29 is 18.0 Å². The van der Waals surface area contributed by atoms with Gasteiger partial charge in [0.05, 0.1) is 16.3 Å². The summed E-state index contributed by atoms with van der Waals surface area (Å²) in [5.41, 5.74) is 8.61. The maximum atomic E-state index is 12.4. The molecule has 26 heavy (non-hydrogen) atoms. The van der Waals surface area contributed by atoms with Crippen LogP contribution in [-0.2, 0) is 19.6 Å². The maximum Gasteiger partial charge on any atom is 0.257 e. The van der Waals surface area contributed by atoms with Crippen LogP contribution >= 0.6 is 11.8 Å². The number of amides is 2. The molecule has 2 aliphatic heterocycles. The minimum atomic E-state index is -3.96. The van der Waals surface area contributed by atoms with Crippen molar-refractivity contribution in [3.63, 3.8) is 0 Å². The average Bonchev–Trinajstić information content (AvgIpc) is 2.99. The third kappa shape index (κ3) is 3.86. The Morgan fingerprint density at radius 2 is 2.12 bits per heavy atom. The van der Waals surface area contributed by atoms with Crippen molar-refractivity contribution in [1.29, 1.82) is 0 Å². The second kappa shape index (κ2) is 7.53. The monoisotopic (exact) mass is 399 g/mol. The summed E-state index contributed by atoms with van der Waals surface area (Å²) in [6.07, 6.45) is 0.850. The van der Waals surface area contributed by atoms with E-state index in [-0.39, 0.29) is 22.8 Å². The van der Waals surface area contributed by atoms with Gasteiger partial charge in [-0.25, -0.2) is 13.8 Å². The van der Waals surface area contributed by atoms with Crippen molar-refractivity contribution in [3.8, 4) is 0 Å². The molecule has 3 unspecified atom stereocenters. The van der Waals surface area contributed by atoms with Gasteiger partial charge >= 0.3 is 0 Å². The summed E-state index contributed by atoms with van der Waals surface area (Å²) < 4.78 is 24.9. The number of hydrogen-bond donors (Lipinski definition) is 5. The van der Waals surface area contributed by atoms with Crippen LogP contribution in [0, 0.1) is 5.92 Å². The smallest absolute Gasteiger partial charge is 0.257 e. The number of benzene rings is 1. The highest BCUT2D eigenvalue weighted by Crippen LogP contribution is 2.32. The molecule has 0 bridgehead atoms. The molecule has 1 aromatic rings. The summed E-state index contributed by atoms with van der Waals surface area (Å²) in [6.45, 7) is 3.93. The molecule has 11 heteroatoms. The van der Waals surface area contributed by atoms with Crippen LogP contribution < -0.4 is 26.4 Å². The molecule has 2 heterocycles. The Balaban J connectivity index is 1.67. The number of hydrazine groups is 2. The maximum absolute atomic E-state index is 12.4. The Morgan fingerprint density at radius 3 is 2.81 bits per heavy atom. The van der Waals surface area contributed by atoms with E-state index in [2.05, 4.69) is 26.4 Å². The first-order valence-electron chi connectivity index (χ1n) is 8.21. The zero-order valence-electron chi connectivity index (χ0n) is 14.3. The van der Waals surface area contributed by atoms with E-state index < -0.39 is 22.0 Å². The van der Waals surface area contributed by atoms with Gasteiger partial charge in [0.25, 0.3) is 15.9 Å². The third-order valence-corrected chi connectivity index (χ3v) is 6.83. The zero-order valence-corrected chi connectivity index (χ0v) is 16.0. The molecule has 0 radical (unpaired) electrons. The van der Waals surface area contributed by atoms with Crippen LogP contribution in [0.25, 0.3) is 0 Å². The number of rotatable bonds is 5. The minimum Gasteiger partial charge on any atom is -0.324 e.